The largest absolute Gasteiger partial charge is 0.260 e. The first-order valence-corrected chi connectivity index (χ1v) is 5.83. The van der Waals surface area contributed by atoms with Crippen molar-refractivity contribution in [2.75, 3.05) is 17.3 Å². The van der Waals surface area contributed by atoms with E-state index < -0.39 is 10.8 Å². The third kappa shape index (κ3) is 2.30. The van der Waals surface area contributed by atoms with Gasteiger partial charge < -0.3 is 0 Å². The maximum absolute atomic E-state index is 10.8. The Kier molecular flexibility index (Phi) is 3.06. The van der Waals surface area contributed by atoms with Gasteiger partial charge in [-0.25, -0.2) is 0 Å². The van der Waals surface area contributed by atoms with Crippen LogP contribution in [0.1, 0.15) is 13.3 Å². The highest BCUT2D eigenvalue weighted by Crippen LogP contribution is 2.21. The number of hydrogen-bond donors (Lipinski definition) is 0. The molecule has 1 saturated heterocycles. The molecular weight excluding hydrogens is 152 g/mol. The Hall–Kier alpha value is 0.500. The van der Waals surface area contributed by atoms with Crippen molar-refractivity contribution in [3.05, 3.63) is 0 Å². The van der Waals surface area contributed by atoms with Crippen LogP contribution in [0.4, 0.5) is 0 Å². The van der Waals surface area contributed by atoms with Gasteiger partial charge in [-0.15, -0.1) is 0 Å². The molecule has 1 rings (SSSR count). The molecule has 0 aromatic carbocycles. The van der Waals surface area contributed by atoms with Gasteiger partial charge in [-0.3, -0.25) is 4.21 Å². The van der Waals surface area contributed by atoms with Crippen LogP contribution >= 0.6 is 11.8 Å². The second kappa shape index (κ2) is 3.62. The number of thioether (sulfide) groups is 1. The Labute approximate surface area is 63.1 Å². The lowest BCUT2D eigenvalue weighted by atomic mass is 10.4. The average Bonchev–Trinajstić information content (AvgIpc) is 2.17. The van der Waals surface area contributed by atoms with Crippen LogP contribution in [0.3, 0.4) is 0 Å². The first kappa shape index (κ1) is 7.61. The van der Waals surface area contributed by atoms with E-state index in [0.29, 0.717) is 5.25 Å². The molecule has 1 aliphatic rings. The molecule has 3 heteroatoms. The zero-order valence-corrected chi connectivity index (χ0v) is 7.26. The van der Waals surface area contributed by atoms with Gasteiger partial charge in [0.05, 0.1) is 0 Å². The van der Waals surface area contributed by atoms with Gasteiger partial charge in [0.2, 0.25) is 0 Å². The summed E-state index contributed by atoms with van der Waals surface area (Å²) in [6.45, 7) is 2.16. The lowest BCUT2D eigenvalue weighted by Gasteiger charge is -2.02. The van der Waals surface area contributed by atoms with Gasteiger partial charge in [0.15, 0.2) is 0 Å². The fourth-order valence-corrected chi connectivity index (χ4v) is 4.04. The molecule has 1 fully saturated rings. The lowest BCUT2D eigenvalue weighted by molar-refractivity contribution is 0.687. The number of hydrogen-bond acceptors (Lipinski definition) is 2. The van der Waals surface area contributed by atoms with Crippen molar-refractivity contribution in [3.8, 4) is 0 Å². The molecule has 54 valence electrons. The molecule has 0 amide bonds. The third-order valence-electron chi connectivity index (χ3n) is 1.44. The van der Waals surface area contributed by atoms with Crippen LogP contribution in [0.25, 0.3) is 0 Å². The van der Waals surface area contributed by atoms with Crippen LogP contribution < -0.4 is 0 Å². The van der Waals surface area contributed by atoms with E-state index in [0.717, 1.165) is 11.5 Å². The molecule has 1 nitrogen and oxygen atoms in total. The molecule has 0 bridgehead atoms. The normalized spacial score (nSPS) is 35.2. The fraction of sp³-hybridized carbons (Fsp3) is 1.00. The maximum atomic E-state index is 10.8. The molecule has 0 aromatic rings. The molecule has 0 radical (unpaired) electrons. The summed E-state index contributed by atoms with van der Waals surface area (Å²) in [5.41, 5.74) is 0. The van der Waals surface area contributed by atoms with Crippen molar-refractivity contribution in [1.29, 1.82) is 0 Å². The van der Waals surface area contributed by atoms with Gasteiger partial charge in [0, 0.05) is 27.6 Å². The SMILES string of the molecule is CCSC1CCS(=O)C1. The van der Waals surface area contributed by atoms with Crippen LogP contribution in [0.15, 0.2) is 0 Å². The Morgan fingerprint density at radius 2 is 2.56 bits per heavy atom. The van der Waals surface area contributed by atoms with Gasteiger partial charge in [0.25, 0.3) is 0 Å². The summed E-state index contributed by atoms with van der Waals surface area (Å²) in [7, 11) is -0.475. The van der Waals surface area contributed by atoms with Gasteiger partial charge in [0.1, 0.15) is 0 Å². The van der Waals surface area contributed by atoms with E-state index in [2.05, 4.69) is 6.92 Å². The van der Waals surface area contributed by atoms with Crippen LogP contribution in [-0.2, 0) is 10.8 Å². The van der Waals surface area contributed by atoms with Crippen molar-refractivity contribution < 1.29 is 4.21 Å². The summed E-state index contributed by atoms with van der Waals surface area (Å²) >= 11 is 1.95. The van der Waals surface area contributed by atoms with Crippen molar-refractivity contribution in [3.63, 3.8) is 0 Å². The Bertz CT molecular complexity index is 114. The van der Waals surface area contributed by atoms with Gasteiger partial charge in [-0.2, -0.15) is 11.8 Å². The first-order chi connectivity index (χ1) is 4.33. The van der Waals surface area contributed by atoms with Gasteiger partial charge >= 0.3 is 0 Å². The Morgan fingerprint density at radius 1 is 1.78 bits per heavy atom. The fourth-order valence-electron chi connectivity index (χ4n) is 1.00. The summed E-state index contributed by atoms with van der Waals surface area (Å²) in [5, 5.41) is 0.704. The molecule has 0 saturated carbocycles. The van der Waals surface area contributed by atoms with Crippen molar-refractivity contribution in [1.82, 2.24) is 0 Å². The predicted molar refractivity (Wildman–Crippen MR) is 44.4 cm³/mol. The zero-order valence-electron chi connectivity index (χ0n) is 5.63. The Morgan fingerprint density at radius 3 is 3.00 bits per heavy atom. The molecule has 2 atom stereocenters. The van der Waals surface area contributed by atoms with Crippen LogP contribution in [0, 0.1) is 0 Å². The zero-order chi connectivity index (χ0) is 6.69. The van der Waals surface area contributed by atoms with Gasteiger partial charge in [-0.05, 0) is 12.2 Å². The lowest BCUT2D eigenvalue weighted by Crippen LogP contribution is -2.01. The number of rotatable bonds is 2. The van der Waals surface area contributed by atoms with E-state index in [1.807, 2.05) is 11.8 Å². The van der Waals surface area contributed by atoms with E-state index >= 15 is 0 Å². The van der Waals surface area contributed by atoms with Crippen LogP contribution in [-0.4, -0.2) is 26.7 Å². The summed E-state index contributed by atoms with van der Waals surface area (Å²) in [5.74, 6) is 3.05. The second-order valence-electron chi connectivity index (χ2n) is 2.18. The first-order valence-electron chi connectivity index (χ1n) is 3.29. The summed E-state index contributed by atoms with van der Waals surface area (Å²) < 4.78 is 10.8. The highest BCUT2D eigenvalue weighted by molar-refractivity contribution is 8.01. The minimum Gasteiger partial charge on any atom is -0.260 e. The topological polar surface area (TPSA) is 17.1 Å². The minimum absolute atomic E-state index is 0.475. The van der Waals surface area contributed by atoms with E-state index in [1.165, 1.54) is 12.2 Å². The molecular formula is C6H12OS2. The smallest absolute Gasteiger partial charge is 0.0354 e. The minimum atomic E-state index is -0.475. The van der Waals surface area contributed by atoms with Crippen molar-refractivity contribution in [2.24, 2.45) is 0 Å². The molecule has 0 spiro atoms. The molecule has 0 N–H and O–H groups in total. The average molecular weight is 164 g/mol. The Balaban J connectivity index is 2.22. The highest BCUT2D eigenvalue weighted by Gasteiger charge is 2.19. The van der Waals surface area contributed by atoms with Gasteiger partial charge in [-0.1, -0.05) is 6.92 Å². The molecule has 0 aromatic heterocycles. The van der Waals surface area contributed by atoms with E-state index in [1.54, 1.807) is 0 Å². The third-order valence-corrected chi connectivity index (χ3v) is 4.32. The van der Waals surface area contributed by atoms with Crippen molar-refractivity contribution >= 4 is 22.6 Å². The summed E-state index contributed by atoms with van der Waals surface area (Å²) in [4.78, 5) is 0. The molecule has 1 heterocycles. The summed E-state index contributed by atoms with van der Waals surface area (Å²) in [6, 6.07) is 0. The van der Waals surface area contributed by atoms with E-state index in [4.69, 9.17) is 0 Å². The monoisotopic (exact) mass is 164 g/mol. The molecule has 0 aliphatic carbocycles. The van der Waals surface area contributed by atoms with E-state index in [-0.39, 0.29) is 0 Å². The van der Waals surface area contributed by atoms with Crippen LogP contribution in [0.2, 0.25) is 0 Å². The standard InChI is InChI=1S/C6H12OS2/c1-2-8-6-3-4-9(7)5-6/h6H,2-5H2,1H3. The molecule has 2 unspecified atom stereocenters. The molecule has 1 aliphatic heterocycles. The quantitative estimate of drug-likeness (QED) is 0.611. The van der Waals surface area contributed by atoms with Crippen molar-refractivity contribution in [2.45, 2.75) is 18.6 Å². The van der Waals surface area contributed by atoms with E-state index in [9.17, 15) is 4.21 Å². The van der Waals surface area contributed by atoms with Crippen LogP contribution in [0.5, 0.6) is 0 Å². The maximum Gasteiger partial charge on any atom is 0.0354 e. The highest BCUT2D eigenvalue weighted by atomic mass is 32.2. The molecule has 9 heavy (non-hydrogen) atoms. The predicted octanol–water partition coefficient (Wildman–Crippen LogP) is 1.26. The summed E-state index contributed by atoms with van der Waals surface area (Å²) in [6.07, 6.45) is 1.17. The second-order valence-corrected chi connectivity index (χ2v) is 5.38.